The summed E-state index contributed by atoms with van der Waals surface area (Å²) in [6.45, 7) is 13.8. The third-order valence-electron chi connectivity index (χ3n) is 10.9. The molecule has 7 atom stereocenters. The molecular weight excluding hydrogens is 738 g/mol. The van der Waals surface area contributed by atoms with E-state index >= 15 is 0 Å². The van der Waals surface area contributed by atoms with Gasteiger partial charge in [0.2, 0.25) is 17.7 Å². The molecule has 17 heteroatoms. The number of hydrogen-bond donors (Lipinski definition) is 2. The van der Waals surface area contributed by atoms with E-state index in [1.165, 1.54) is 16.2 Å². The van der Waals surface area contributed by atoms with E-state index in [9.17, 15) is 14.4 Å². The number of carbonyl (C=O) groups excluding carboxylic acids is 3. The summed E-state index contributed by atoms with van der Waals surface area (Å²) in [4.78, 5) is 48.5. The van der Waals surface area contributed by atoms with Crippen LogP contribution in [0.1, 0.15) is 52.0 Å². The van der Waals surface area contributed by atoms with Crippen molar-refractivity contribution in [2.24, 2.45) is 28.9 Å². The number of hydrogen-bond acceptors (Lipinski definition) is 13. The normalized spacial score (nSPS) is 25.9. The molecule has 2 aliphatic heterocycles. The Balaban J connectivity index is 1.10. The van der Waals surface area contributed by atoms with Gasteiger partial charge in [-0.05, 0) is 55.1 Å². The topological polar surface area (TPSA) is 181 Å². The number of aromatic nitrogens is 3. The van der Waals surface area contributed by atoms with Gasteiger partial charge >= 0.3 is 11.3 Å². The van der Waals surface area contributed by atoms with E-state index in [0.717, 1.165) is 25.9 Å². The van der Waals surface area contributed by atoms with E-state index in [1.54, 1.807) is 18.2 Å². The molecule has 0 bridgehead atoms. The van der Waals surface area contributed by atoms with Crippen molar-refractivity contribution in [1.29, 1.82) is 0 Å². The number of fused-ring (bicyclic) bond motifs is 2. The van der Waals surface area contributed by atoms with Gasteiger partial charge in [0.25, 0.3) is 0 Å². The van der Waals surface area contributed by atoms with Crippen LogP contribution in [0.2, 0.25) is 5.02 Å². The van der Waals surface area contributed by atoms with Gasteiger partial charge in [0.1, 0.15) is 57.9 Å². The molecule has 1 aromatic carbocycles. The predicted octanol–water partition coefficient (Wildman–Crippen LogP) is 4.57. The van der Waals surface area contributed by atoms with Crippen molar-refractivity contribution < 1.29 is 38.1 Å². The number of pyridine rings is 1. The zero-order valence-corrected chi connectivity index (χ0v) is 32.8. The Labute approximate surface area is 323 Å². The lowest BCUT2D eigenvalue weighted by molar-refractivity contribution is -0.141. The van der Waals surface area contributed by atoms with E-state index < -0.39 is 41.5 Å². The number of benzene rings is 1. The number of primary amides is 1. The largest absolute Gasteiger partial charge is 0.491 e. The first kappa shape index (κ1) is 38.3. The van der Waals surface area contributed by atoms with Gasteiger partial charge in [-0.2, -0.15) is 0 Å². The number of nitrogens with two attached hydrogens (primary N) is 1. The van der Waals surface area contributed by atoms with Crippen LogP contribution in [0, 0.1) is 30.1 Å². The minimum atomic E-state index is -0.988. The molecule has 4 aliphatic rings. The van der Waals surface area contributed by atoms with Crippen LogP contribution in [-0.2, 0) is 19.1 Å². The standard InChI is InChI=1S/C37H48ClN7O8S/c1-19-24-14-21(15-25(19)24)52-35(48)41-32(37(3,4)5)34(47)45-18-22(16-26(45)33(39)46)51-28-17-29(53-36-43-42-20(2)54-36)40-31-23(28)6-7-27(30(31)38)50-13-10-44-8-11-49-12-9-44/h6-7,17,19,21-22,24-26,32H,8-16,18H2,1-5H3,(H2,39,46)(H,41,48)/t19?,21?,22?,24-,25+,26-,32+/m0/s1. The molecule has 292 valence electrons. The van der Waals surface area contributed by atoms with Crippen molar-refractivity contribution in [2.45, 2.75) is 78.2 Å². The number of alkyl carbamates (subject to hydrolysis) is 1. The van der Waals surface area contributed by atoms with Gasteiger partial charge in [0, 0.05) is 37.5 Å². The highest BCUT2D eigenvalue weighted by atomic mass is 35.5. The minimum absolute atomic E-state index is 0.0334. The summed E-state index contributed by atoms with van der Waals surface area (Å²) in [6, 6.07) is 3.21. The number of aryl methyl sites for hydroxylation is 1. The van der Waals surface area contributed by atoms with E-state index in [-0.39, 0.29) is 35.2 Å². The number of nitrogens with zero attached hydrogens (tertiary/aromatic N) is 5. The third kappa shape index (κ3) is 8.46. The maximum Gasteiger partial charge on any atom is 0.408 e. The minimum Gasteiger partial charge on any atom is -0.491 e. The van der Waals surface area contributed by atoms with Gasteiger partial charge in [-0.25, -0.2) is 9.78 Å². The average molecular weight is 786 g/mol. The Hall–Kier alpha value is -3.99. The lowest BCUT2D eigenvalue weighted by Gasteiger charge is -2.35. The molecule has 0 radical (unpaired) electrons. The zero-order chi connectivity index (χ0) is 38.3. The number of carbonyl (C=O) groups is 3. The summed E-state index contributed by atoms with van der Waals surface area (Å²) in [5.41, 5.74) is 5.54. The fourth-order valence-electron chi connectivity index (χ4n) is 7.87. The van der Waals surface area contributed by atoms with E-state index in [2.05, 4.69) is 27.3 Å². The predicted molar refractivity (Wildman–Crippen MR) is 200 cm³/mol. The van der Waals surface area contributed by atoms with Crippen molar-refractivity contribution in [3.8, 4) is 22.6 Å². The van der Waals surface area contributed by atoms with Crippen molar-refractivity contribution in [2.75, 3.05) is 46.0 Å². The highest BCUT2D eigenvalue weighted by Crippen LogP contribution is 2.57. The van der Waals surface area contributed by atoms with Crippen LogP contribution in [0.25, 0.3) is 10.9 Å². The number of ether oxygens (including phenoxy) is 5. The molecule has 54 heavy (non-hydrogen) atoms. The maximum absolute atomic E-state index is 14.2. The summed E-state index contributed by atoms with van der Waals surface area (Å²) < 4.78 is 29.8. The SMILES string of the molecule is Cc1nnc(Oc2cc(OC3C[C@@H](C(N)=O)N(C(=O)[C@@H](NC(=O)OC4C[C@@H]5C(C)[C@@H]5C4)C(C)(C)C)C3)c3ccc(OCCN4CCOCC4)c(Cl)c3n2)s1. The second kappa shape index (κ2) is 15.6. The molecule has 2 saturated carbocycles. The number of nitrogens with one attached hydrogen (secondary N) is 1. The van der Waals surface area contributed by atoms with Crippen LogP contribution < -0.4 is 25.3 Å². The molecule has 4 fully saturated rings. The fourth-order valence-corrected chi connectivity index (χ4v) is 8.68. The summed E-state index contributed by atoms with van der Waals surface area (Å²) in [5, 5.41) is 12.7. The lowest BCUT2D eigenvalue weighted by Crippen LogP contribution is -2.57. The van der Waals surface area contributed by atoms with E-state index in [4.69, 9.17) is 46.0 Å². The first-order valence-electron chi connectivity index (χ1n) is 18.5. The van der Waals surface area contributed by atoms with Crippen LogP contribution in [0.3, 0.4) is 0 Å². The van der Waals surface area contributed by atoms with Crippen LogP contribution in [-0.4, -0.2) is 113 Å². The summed E-state index contributed by atoms with van der Waals surface area (Å²) in [5.74, 6) is 1.72. The average Bonchev–Trinajstić information content (AvgIpc) is 3.58. The van der Waals surface area contributed by atoms with Crippen LogP contribution in [0.15, 0.2) is 18.2 Å². The van der Waals surface area contributed by atoms with Gasteiger partial charge in [0.15, 0.2) is 0 Å². The van der Waals surface area contributed by atoms with Crippen molar-refractivity contribution in [3.05, 3.63) is 28.2 Å². The molecule has 7 rings (SSSR count). The van der Waals surface area contributed by atoms with Gasteiger partial charge in [-0.3, -0.25) is 14.5 Å². The number of amides is 3. The van der Waals surface area contributed by atoms with E-state index in [0.29, 0.717) is 71.5 Å². The van der Waals surface area contributed by atoms with Gasteiger partial charge in [-0.1, -0.05) is 55.7 Å². The highest BCUT2D eigenvalue weighted by molar-refractivity contribution is 7.13. The second-order valence-corrected chi connectivity index (χ2v) is 17.3. The summed E-state index contributed by atoms with van der Waals surface area (Å²) in [7, 11) is 0. The molecule has 0 spiro atoms. The van der Waals surface area contributed by atoms with Gasteiger partial charge in [-0.15, -0.1) is 5.10 Å². The smallest absolute Gasteiger partial charge is 0.408 e. The molecule has 3 aromatic rings. The Morgan fingerprint density at radius 3 is 2.50 bits per heavy atom. The molecule has 2 aliphatic carbocycles. The molecule has 2 aromatic heterocycles. The lowest BCUT2D eigenvalue weighted by atomic mass is 9.85. The fraction of sp³-hybridized carbons (Fsp3) is 0.622. The summed E-state index contributed by atoms with van der Waals surface area (Å²) >= 11 is 8.19. The molecule has 3 amide bonds. The Bertz CT molecular complexity index is 1870. The molecule has 3 N–H and O–H groups in total. The highest BCUT2D eigenvalue weighted by Gasteiger charge is 2.54. The van der Waals surface area contributed by atoms with Crippen molar-refractivity contribution in [1.82, 2.24) is 30.3 Å². The van der Waals surface area contributed by atoms with E-state index in [1.807, 2.05) is 27.7 Å². The molecular formula is C37H48ClN7O8S. The number of morpholine rings is 1. The zero-order valence-electron chi connectivity index (χ0n) is 31.2. The number of rotatable bonds is 12. The monoisotopic (exact) mass is 785 g/mol. The molecule has 15 nitrogen and oxygen atoms in total. The third-order valence-corrected chi connectivity index (χ3v) is 12.0. The molecule has 3 unspecified atom stereocenters. The molecule has 4 heterocycles. The van der Waals surface area contributed by atoms with Crippen LogP contribution in [0.5, 0.6) is 22.6 Å². The summed E-state index contributed by atoms with van der Waals surface area (Å²) in [6.07, 6.45) is 0.337. The maximum atomic E-state index is 14.2. The van der Waals surface area contributed by atoms with Crippen molar-refractivity contribution in [3.63, 3.8) is 0 Å². The van der Waals surface area contributed by atoms with Gasteiger partial charge < -0.3 is 39.6 Å². The van der Waals surface area contributed by atoms with Gasteiger partial charge in [0.05, 0.1) is 19.8 Å². The van der Waals surface area contributed by atoms with Crippen LogP contribution in [0.4, 0.5) is 4.79 Å². The first-order valence-corrected chi connectivity index (χ1v) is 19.7. The number of likely N-dealkylation sites (tertiary alicyclic amines) is 1. The van der Waals surface area contributed by atoms with Crippen molar-refractivity contribution >= 4 is 51.7 Å². The number of halogens is 1. The quantitative estimate of drug-likeness (QED) is 0.262. The first-order chi connectivity index (χ1) is 25.7. The second-order valence-electron chi connectivity index (χ2n) is 15.7. The Morgan fingerprint density at radius 2 is 1.83 bits per heavy atom. The van der Waals surface area contributed by atoms with Crippen LogP contribution >= 0.6 is 22.9 Å². The Morgan fingerprint density at radius 1 is 1.09 bits per heavy atom. The Kier molecular flexibility index (Phi) is 11.1. The molecule has 2 saturated heterocycles.